The summed E-state index contributed by atoms with van der Waals surface area (Å²) in [6, 6.07) is 0. The second kappa shape index (κ2) is 11.3. The number of nitrogens with two attached hydrogens (primary N) is 1. The van der Waals surface area contributed by atoms with Gasteiger partial charge in [0.25, 0.3) is 0 Å². The topological polar surface area (TPSA) is 46.2 Å². The van der Waals surface area contributed by atoms with Gasteiger partial charge in [-0.3, -0.25) is 0 Å². The largest absolute Gasteiger partial charge is 0.393 e. The Hall–Kier alpha value is -0.520. The number of unbranched alkanes of at least 4 members (excludes halogenated alkanes) is 1. The van der Waals surface area contributed by atoms with E-state index < -0.39 is 0 Å². The third-order valence-corrected chi connectivity index (χ3v) is 1.08. The zero-order chi connectivity index (χ0) is 8.41. The van der Waals surface area contributed by atoms with E-state index in [1.807, 2.05) is 0 Å². The number of hydrogen-bond donors (Lipinski definition) is 2. The highest BCUT2D eigenvalue weighted by Crippen LogP contribution is 1.97. The highest BCUT2D eigenvalue weighted by Gasteiger charge is 1.92. The van der Waals surface area contributed by atoms with E-state index in [1.54, 1.807) is 6.92 Å². The van der Waals surface area contributed by atoms with E-state index >= 15 is 0 Å². The molecule has 2 nitrogen and oxygen atoms in total. The van der Waals surface area contributed by atoms with Crippen LogP contribution >= 0.6 is 0 Å². The Bertz CT molecular complexity index is 68.9. The molecule has 0 radical (unpaired) electrons. The lowest BCUT2D eigenvalue weighted by Gasteiger charge is -2.00. The first-order valence-electron chi connectivity index (χ1n) is 3.49. The Morgan fingerprint density at radius 3 is 2.20 bits per heavy atom. The van der Waals surface area contributed by atoms with Crippen LogP contribution in [0.15, 0.2) is 0 Å². The highest BCUT2D eigenvalue weighted by atomic mass is 16.3. The predicted octanol–water partition coefficient (Wildman–Crippen LogP) is 0.746. The summed E-state index contributed by atoms with van der Waals surface area (Å²) in [5.41, 5.74) is 5.23. The average molecular weight is 143 g/mol. The van der Waals surface area contributed by atoms with Crippen LogP contribution in [0.5, 0.6) is 0 Å². The summed E-state index contributed by atoms with van der Waals surface area (Å²) in [5.74, 6) is 0. The number of aliphatic hydroxyl groups excluding tert-OH is 1. The predicted molar refractivity (Wildman–Crippen MR) is 44.5 cm³/mol. The van der Waals surface area contributed by atoms with Gasteiger partial charge in [-0.1, -0.05) is 0 Å². The Morgan fingerprint density at radius 1 is 1.40 bits per heavy atom. The van der Waals surface area contributed by atoms with Gasteiger partial charge in [0.15, 0.2) is 0 Å². The van der Waals surface area contributed by atoms with Crippen molar-refractivity contribution >= 4 is 0 Å². The molecule has 0 rings (SSSR count). The minimum absolute atomic E-state index is 0.151. The van der Waals surface area contributed by atoms with Crippen molar-refractivity contribution in [1.29, 1.82) is 0 Å². The maximum atomic E-state index is 8.74. The Morgan fingerprint density at radius 2 is 1.90 bits per heavy atom. The van der Waals surface area contributed by atoms with Gasteiger partial charge in [0.05, 0.1) is 6.10 Å². The molecule has 0 aromatic carbocycles. The second-order valence-corrected chi connectivity index (χ2v) is 2.13. The highest BCUT2D eigenvalue weighted by molar-refractivity contribution is 4.47. The first-order chi connectivity index (χ1) is 4.77. The van der Waals surface area contributed by atoms with Crippen molar-refractivity contribution in [3.8, 4) is 12.8 Å². The summed E-state index contributed by atoms with van der Waals surface area (Å²) in [6.07, 6.45) is 10.8. The van der Waals surface area contributed by atoms with Crippen molar-refractivity contribution < 1.29 is 5.11 Å². The molecule has 0 aliphatic rings. The van der Waals surface area contributed by atoms with E-state index in [4.69, 9.17) is 10.8 Å². The van der Waals surface area contributed by atoms with Crippen LogP contribution in [0.4, 0.5) is 0 Å². The third-order valence-electron chi connectivity index (χ3n) is 1.08. The van der Waals surface area contributed by atoms with Gasteiger partial charge in [-0.15, -0.1) is 12.8 Å². The Balaban J connectivity index is 0. The van der Waals surface area contributed by atoms with Crippen LogP contribution in [0.25, 0.3) is 0 Å². The van der Waals surface area contributed by atoms with E-state index in [1.165, 1.54) is 0 Å². The van der Waals surface area contributed by atoms with E-state index in [-0.39, 0.29) is 6.10 Å². The summed E-state index contributed by atoms with van der Waals surface area (Å²) in [4.78, 5) is 0. The maximum absolute atomic E-state index is 8.74. The maximum Gasteiger partial charge on any atom is 0.0512 e. The van der Waals surface area contributed by atoms with E-state index in [9.17, 15) is 0 Å². The van der Waals surface area contributed by atoms with Gasteiger partial charge in [-0.05, 0) is 32.7 Å². The van der Waals surface area contributed by atoms with E-state index in [2.05, 4.69) is 12.8 Å². The zero-order valence-corrected chi connectivity index (χ0v) is 6.59. The summed E-state index contributed by atoms with van der Waals surface area (Å²) in [5, 5.41) is 8.74. The van der Waals surface area contributed by atoms with Crippen LogP contribution in [-0.2, 0) is 0 Å². The molecule has 0 aromatic rings. The van der Waals surface area contributed by atoms with Crippen molar-refractivity contribution in [3.63, 3.8) is 0 Å². The fraction of sp³-hybridized carbons (Fsp3) is 0.750. The molecule has 0 aliphatic heterocycles. The SMILES string of the molecule is C#C.C[C@@H](O)CCCCN. The standard InChI is InChI=1S/C6H15NO.C2H2/c1-6(8)4-2-3-5-7;1-2/h6,8H,2-5,7H2,1H3;1-2H/t6-;/m1./s1. The lowest BCUT2D eigenvalue weighted by molar-refractivity contribution is 0.181. The van der Waals surface area contributed by atoms with E-state index in [0.717, 1.165) is 25.8 Å². The molecule has 0 spiro atoms. The van der Waals surface area contributed by atoms with Gasteiger partial charge in [-0.2, -0.15) is 0 Å². The number of rotatable bonds is 4. The van der Waals surface area contributed by atoms with Crippen molar-refractivity contribution in [2.75, 3.05) is 6.54 Å². The molecule has 3 N–H and O–H groups in total. The van der Waals surface area contributed by atoms with Crippen molar-refractivity contribution in [1.82, 2.24) is 0 Å². The molecule has 2 heteroatoms. The molecule has 0 amide bonds. The first kappa shape index (κ1) is 12.2. The summed E-state index contributed by atoms with van der Waals surface area (Å²) < 4.78 is 0. The van der Waals surface area contributed by atoms with Crippen LogP contribution < -0.4 is 5.73 Å². The molecule has 1 atom stereocenters. The molecule has 0 saturated carbocycles. The number of aliphatic hydroxyl groups is 1. The molecule has 60 valence electrons. The molecule has 0 aromatic heterocycles. The fourth-order valence-corrected chi connectivity index (χ4v) is 0.584. The molecule has 0 unspecified atom stereocenters. The van der Waals surface area contributed by atoms with Gasteiger partial charge in [0, 0.05) is 0 Å². The smallest absolute Gasteiger partial charge is 0.0512 e. The van der Waals surface area contributed by atoms with Crippen molar-refractivity contribution in [3.05, 3.63) is 0 Å². The lowest BCUT2D eigenvalue weighted by Crippen LogP contribution is -2.02. The summed E-state index contributed by atoms with van der Waals surface area (Å²) in [6.45, 7) is 2.54. The minimum Gasteiger partial charge on any atom is -0.393 e. The van der Waals surface area contributed by atoms with Gasteiger partial charge >= 0.3 is 0 Å². The zero-order valence-electron chi connectivity index (χ0n) is 6.59. The molecule has 0 bridgehead atoms. The Labute approximate surface area is 63.4 Å². The molecule has 0 heterocycles. The molecular weight excluding hydrogens is 126 g/mol. The normalized spacial score (nSPS) is 11.3. The number of hydrogen-bond acceptors (Lipinski definition) is 2. The van der Waals surface area contributed by atoms with Crippen LogP contribution in [0.2, 0.25) is 0 Å². The van der Waals surface area contributed by atoms with Crippen molar-refractivity contribution in [2.24, 2.45) is 5.73 Å². The van der Waals surface area contributed by atoms with Gasteiger partial charge < -0.3 is 10.8 Å². The van der Waals surface area contributed by atoms with E-state index in [0.29, 0.717) is 0 Å². The fourth-order valence-electron chi connectivity index (χ4n) is 0.584. The number of terminal acetylenes is 1. The molecule has 0 fully saturated rings. The second-order valence-electron chi connectivity index (χ2n) is 2.13. The van der Waals surface area contributed by atoms with Crippen LogP contribution in [-0.4, -0.2) is 17.8 Å². The average Bonchev–Trinajstić information content (AvgIpc) is 1.92. The van der Waals surface area contributed by atoms with Crippen molar-refractivity contribution in [2.45, 2.75) is 32.3 Å². The van der Waals surface area contributed by atoms with Gasteiger partial charge in [-0.25, -0.2) is 0 Å². The Kier molecular flexibility index (Phi) is 13.8. The minimum atomic E-state index is -0.151. The molecule has 0 saturated heterocycles. The quantitative estimate of drug-likeness (QED) is 0.450. The monoisotopic (exact) mass is 143 g/mol. The van der Waals surface area contributed by atoms with Crippen LogP contribution in [0.1, 0.15) is 26.2 Å². The molecule has 0 aliphatic carbocycles. The van der Waals surface area contributed by atoms with Gasteiger partial charge in [0.1, 0.15) is 0 Å². The molecule has 10 heavy (non-hydrogen) atoms. The first-order valence-corrected chi connectivity index (χ1v) is 3.49. The van der Waals surface area contributed by atoms with Crippen LogP contribution in [0.3, 0.4) is 0 Å². The van der Waals surface area contributed by atoms with Gasteiger partial charge in [0.2, 0.25) is 0 Å². The summed E-state index contributed by atoms with van der Waals surface area (Å²) >= 11 is 0. The molecular formula is C8H17NO. The third kappa shape index (κ3) is 15.6. The summed E-state index contributed by atoms with van der Waals surface area (Å²) in [7, 11) is 0. The lowest BCUT2D eigenvalue weighted by atomic mass is 10.2. The van der Waals surface area contributed by atoms with Crippen LogP contribution in [0, 0.1) is 12.8 Å².